The van der Waals surface area contributed by atoms with E-state index < -0.39 is 0 Å². The highest BCUT2D eigenvalue weighted by atomic mass is 15.5. The summed E-state index contributed by atoms with van der Waals surface area (Å²) in [4.78, 5) is 1.60. The van der Waals surface area contributed by atoms with E-state index in [1.54, 1.807) is 4.90 Å². The maximum Gasteiger partial charge on any atom is 0.206 e. The Hall–Kier alpha value is -1.75. The van der Waals surface area contributed by atoms with E-state index in [1.807, 2.05) is 22.9 Å². The fourth-order valence-electron chi connectivity index (χ4n) is 2.50. The molecule has 1 aromatic carbocycles. The van der Waals surface area contributed by atoms with Crippen LogP contribution in [0.15, 0.2) is 30.3 Å². The molecule has 0 atom stereocenters. The van der Waals surface area contributed by atoms with Gasteiger partial charge >= 0.3 is 0 Å². The molecule has 5 nitrogen and oxygen atoms in total. The second-order valence-corrected chi connectivity index (χ2v) is 4.87. The predicted octanol–water partition coefficient (Wildman–Crippen LogP) is -0.0999. The highest BCUT2D eigenvalue weighted by Crippen LogP contribution is 2.02. The van der Waals surface area contributed by atoms with Crippen LogP contribution in [-0.2, 0) is 13.1 Å². The van der Waals surface area contributed by atoms with Gasteiger partial charge in [-0.15, -0.1) is 5.10 Å². The highest BCUT2D eigenvalue weighted by molar-refractivity contribution is 5.14. The van der Waals surface area contributed by atoms with Gasteiger partial charge in [-0.1, -0.05) is 30.3 Å². The van der Waals surface area contributed by atoms with Gasteiger partial charge in [0.1, 0.15) is 6.54 Å². The number of likely N-dealkylation sites (tertiary alicyclic amines) is 1. The third-order valence-electron chi connectivity index (χ3n) is 3.50. The number of tetrazole rings is 1. The number of benzene rings is 1. The van der Waals surface area contributed by atoms with E-state index in [0.29, 0.717) is 0 Å². The first-order valence-corrected chi connectivity index (χ1v) is 6.54. The molecule has 1 saturated heterocycles. The van der Waals surface area contributed by atoms with Gasteiger partial charge in [0.05, 0.1) is 19.6 Å². The minimum Gasteiger partial charge on any atom is -0.329 e. The molecule has 1 N–H and O–H groups in total. The summed E-state index contributed by atoms with van der Waals surface area (Å²) in [5, 5.41) is 12.1. The summed E-state index contributed by atoms with van der Waals surface area (Å²) < 4.78 is 1.92. The lowest BCUT2D eigenvalue weighted by Gasteiger charge is -2.11. The SMILES string of the molecule is c1ccc(Cn2nnnc2C[NH+]2CCCC2)cc1. The lowest BCUT2D eigenvalue weighted by molar-refractivity contribution is -0.902. The Kier molecular flexibility index (Phi) is 3.32. The number of hydrogen-bond acceptors (Lipinski definition) is 3. The van der Waals surface area contributed by atoms with Crippen LogP contribution < -0.4 is 4.90 Å². The Bertz CT molecular complexity index is 487. The second-order valence-electron chi connectivity index (χ2n) is 4.87. The van der Waals surface area contributed by atoms with E-state index in [0.717, 1.165) is 18.9 Å². The number of rotatable bonds is 4. The number of hydrogen-bond donors (Lipinski definition) is 1. The lowest BCUT2D eigenvalue weighted by atomic mass is 10.2. The van der Waals surface area contributed by atoms with Gasteiger partial charge in [0.25, 0.3) is 0 Å². The minimum absolute atomic E-state index is 0.760. The number of quaternary nitrogens is 1. The van der Waals surface area contributed by atoms with Gasteiger partial charge in [-0.25, -0.2) is 4.68 Å². The molecule has 0 unspecified atom stereocenters. The molecule has 18 heavy (non-hydrogen) atoms. The van der Waals surface area contributed by atoms with Crippen molar-refractivity contribution < 1.29 is 4.90 Å². The van der Waals surface area contributed by atoms with Crippen molar-refractivity contribution in [2.75, 3.05) is 13.1 Å². The van der Waals surface area contributed by atoms with Gasteiger partial charge in [-0.3, -0.25) is 0 Å². The Labute approximate surface area is 106 Å². The molecule has 1 aliphatic heterocycles. The van der Waals surface area contributed by atoms with Crippen molar-refractivity contribution in [3.8, 4) is 0 Å². The zero-order chi connectivity index (χ0) is 12.2. The molecule has 0 spiro atoms. The quantitative estimate of drug-likeness (QED) is 0.817. The molecule has 5 heteroatoms. The van der Waals surface area contributed by atoms with Crippen molar-refractivity contribution in [1.29, 1.82) is 0 Å². The molecular formula is C13H18N5+. The summed E-state index contributed by atoms with van der Waals surface area (Å²) in [5.74, 6) is 0.996. The summed E-state index contributed by atoms with van der Waals surface area (Å²) in [6.45, 7) is 4.20. The standard InChI is InChI=1S/C13H17N5/c1-2-6-12(7-3-1)10-18-13(14-15-16-18)11-17-8-4-5-9-17/h1-3,6-7H,4-5,8-11H2/p+1. The monoisotopic (exact) mass is 244 g/mol. The summed E-state index contributed by atoms with van der Waals surface area (Å²) in [6.07, 6.45) is 2.66. The second kappa shape index (κ2) is 5.27. The molecule has 0 bridgehead atoms. The third kappa shape index (κ3) is 2.56. The molecule has 1 fully saturated rings. The maximum atomic E-state index is 4.16. The van der Waals surface area contributed by atoms with E-state index in [1.165, 1.54) is 31.5 Å². The van der Waals surface area contributed by atoms with E-state index in [-0.39, 0.29) is 0 Å². The Morgan fingerprint density at radius 2 is 1.89 bits per heavy atom. The molecule has 0 saturated carbocycles. The van der Waals surface area contributed by atoms with Crippen LogP contribution in [0.3, 0.4) is 0 Å². The summed E-state index contributed by atoms with van der Waals surface area (Å²) in [7, 11) is 0. The number of aromatic nitrogens is 4. The van der Waals surface area contributed by atoms with Gasteiger partial charge < -0.3 is 4.90 Å². The van der Waals surface area contributed by atoms with Crippen LogP contribution in [0.25, 0.3) is 0 Å². The maximum absolute atomic E-state index is 4.16. The third-order valence-corrected chi connectivity index (χ3v) is 3.50. The van der Waals surface area contributed by atoms with Crippen molar-refractivity contribution in [1.82, 2.24) is 20.2 Å². The van der Waals surface area contributed by atoms with Crippen LogP contribution in [0.2, 0.25) is 0 Å². The van der Waals surface area contributed by atoms with Crippen molar-refractivity contribution in [3.05, 3.63) is 41.7 Å². The Balaban J connectivity index is 1.71. The first-order chi connectivity index (χ1) is 8.92. The summed E-state index contributed by atoms with van der Waals surface area (Å²) >= 11 is 0. The fourth-order valence-corrected chi connectivity index (χ4v) is 2.50. The average Bonchev–Trinajstić information content (AvgIpc) is 3.04. The molecule has 0 amide bonds. The summed E-state index contributed by atoms with van der Waals surface area (Å²) in [6, 6.07) is 10.3. The fraction of sp³-hybridized carbons (Fsp3) is 0.462. The average molecular weight is 244 g/mol. The summed E-state index contributed by atoms with van der Waals surface area (Å²) in [5.41, 5.74) is 1.24. The zero-order valence-corrected chi connectivity index (χ0v) is 10.4. The predicted molar refractivity (Wildman–Crippen MR) is 67.0 cm³/mol. The van der Waals surface area contributed by atoms with Crippen molar-refractivity contribution >= 4 is 0 Å². The molecule has 2 aromatic rings. The molecule has 0 aliphatic carbocycles. The molecule has 3 rings (SSSR count). The van der Waals surface area contributed by atoms with Crippen LogP contribution in [0.4, 0.5) is 0 Å². The van der Waals surface area contributed by atoms with Gasteiger partial charge in [0.2, 0.25) is 5.82 Å². The largest absolute Gasteiger partial charge is 0.329 e. The first kappa shape index (κ1) is 11.3. The van der Waals surface area contributed by atoms with Crippen LogP contribution in [0, 0.1) is 0 Å². The van der Waals surface area contributed by atoms with Crippen molar-refractivity contribution in [3.63, 3.8) is 0 Å². The van der Waals surface area contributed by atoms with E-state index in [4.69, 9.17) is 0 Å². The lowest BCUT2D eigenvalue weighted by Crippen LogP contribution is -3.08. The molecule has 2 heterocycles. The van der Waals surface area contributed by atoms with Gasteiger partial charge in [0, 0.05) is 12.8 Å². The van der Waals surface area contributed by atoms with Gasteiger partial charge in [-0.2, -0.15) is 0 Å². The van der Waals surface area contributed by atoms with Crippen LogP contribution in [0.1, 0.15) is 24.2 Å². The molecule has 1 aromatic heterocycles. The zero-order valence-electron chi connectivity index (χ0n) is 10.4. The number of nitrogens with zero attached hydrogens (tertiary/aromatic N) is 4. The molecular weight excluding hydrogens is 226 g/mol. The smallest absolute Gasteiger partial charge is 0.206 e. The van der Waals surface area contributed by atoms with Gasteiger partial charge in [0.15, 0.2) is 0 Å². The van der Waals surface area contributed by atoms with E-state index in [9.17, 15) is 0 Å². The van der Waals surface area contributed by atoms with Crippen molar-refractivity contribution in [2.24, 2.45) is 0 Å². The van der Waals surface area contributed by atoms with E-state index >= 15 is 0 Å². The minimum atomic E-state index is 0.760. The Morgan fingerprint density at radius 3 is 2.67 bits per heavy atom. The number of nitrogens with one attached hydrogen (secondary N) is 1. The van der Waals surface area contributed by atoms with Crippen LogP contribution >= 0.6 is 0 Å². The molecule has 1 aliphatic rings. The first-order valence-electron chi connectivity index (χ1n) is 6.54. The Morgan fingerprint density at radius 1 is 1.11 bits per heavy atom. The van der Waals surface area contributed by atoms with Crippen LogP contribution in [0.5, 0.6) is 0 Å². The van der Waals surface area contributed by atoms with Crippen LogP contribution in [-0.4, -0.2) is 33.3 Å². The van der Waals surface area contributed by atoms with Gasteiger partial charge in [-0.05, 0) is 16.0 Å². The molecule has 0 radical (unpaired) electrons. The normalized spacial score (nSPS) is 16.2. The molecule has 94 valence electrons. The topological polar surface area (TPSA) is 48.0 Å². The highest BCUT2D eigenvalue weighted by Gasteiger charge is 2.19. The van der Waals surface area contributed by atoms with E-state index in [2.05, 4.69) is 27.7 Å². The van der Waals surface area contributed by atoms with Crippen molar-refractivity contribution in [2.45, 2.75) is 25.9 Å².